The van der Waals surface area contributed by atoms with Crippen molar-refractivity contribution in [1.82, 2.24) is 4.90 Å². The molecule has 0 radical (unpaired) electrons. The van der Waals surface area contributed by atoms with E-state index in [1.54, 1.807) is 19.2 Å². The summed E-state index contributed by atoms with van der Waals surface area (Å²) < 4.78 is 18.5. The van der Waals surface area contributed by atoms with Crippen LogP contribution in [0.2, 0.25) is 0 Å². The molecule has 0 aliphatic heterocycles. The monoisotopic (exact) mass is 240 g/mol. The molecule has 1 N–H and O–H groups in total. The van der Waals surface area contributed by atoms with Gasteiger partial charge in [-0.25, -0.2) is 4.39 Å². The number of ether oxygens (including phenoxy) is 1. The standard InChI is InChI=1S/C13H21FN2O/c1-4-16(5-2)9-8-15-13-10-11(17-3)6-7-12(13)14/h6-7,10,15H,4-5,8-9H2,1-3H3. The number of hydrogen-bond acceptors (Lipinski definition) is 3. The van der Waals surface area contributed by atoms with Crippen molar-refractivity contribution in [2.75, 3.05) is 38.6 Å². The summed E-state index contributed by atoms with van der Waals surface area (Å²) in [6.45, 7) is 7.90. The summed E-state index contributed by atoms with van der Waals surface area (Å²) in [4.78, 5) is 2.28. The van der Waals surface area contributed by atoms with Crippen molar-refractivity contribution < 1.29 is 9.13 Å². The van der Waals surface area contributed by atoms with Gasteiger partial charge in [0.2, 0.25) is 0 Å². The fraction of sp³-hybridized carbons (Fsp3) is 0.538. The Morgan fingerprint density at radius 1 is 1.29 bits per heavy atom. The van der Waals surface area contributed by atoms with Crippen molar-refractivity contribution in [1.29, 1.82) is 0 Å². The van der Waals surface area contributed by atoms with Crippen LogP contribution in [0.25, 0.3) is 0 Å². The Bertz CT molecular complexity index is 340. The summed E-state index contributed by atoms with van der Waals surface area (Å²) in [5, 5.41) is 3.09. The molecule has 1 aromatic carbocycles. The molecule has 96 valence electrons. The first-order valence-corrected chi connectivity index (χ1v) is 6.01. The van der Waals surface area contributed by atoms with Crippen LogP contribution in [-0.4, -0.2) is 38.2 Å². The summed E-state index contributed by atoms with van der Waals surface area (Å²) in [7, 11) is 1.58. The molecule has 0 aromatic heterocycles. The van der Waals surface area contributed by atoms with Gasteiger partial charge in [0, 0.05) is 19.2 Å². The Hall–Kier alpha value is -1.29. The van der Waals surface area contributed by atoms with Gasteiger partial charge in [-0.2, -0.15) is 0 Å². The van der Waals surface area contributed by atoms with E-state index in [9.17, 15) is 4.39 Å². The zero-order valence-electron chi connectivity index (χ0n) is 10.8. The predicted octanol–water partition coefficient (Wildman–Crippen LogP) is 2.59. The average Bonchev–Trinajstić information content (AvgIpc) is 2.36. The van der Waals surface area contributed by atoms with E-state index in [0.29, 0.717) is 11.4 Å². The van der Waals surface area contributed by atoms with E-state index >= 15 is 0 Å². The van der Waals surface area contributed by atoms with Gasteiger partial charge in [-0.3, -0.25) is 0 Å². The number of hydrogen-bond donors (Lipinski definition) is 1. The number of nitrogens with one attached hydrogen (secondary N) is 1. The highest BCUT2D eigenvalue weighted by atomic mass is 19.1. The van der Waals surface area contributed by atoms with E-state index < -0.39 is 0 Å². The van der Waals surface area contributed by atoms with Crippen LogP contribution in [0.4, 0.5) is 10.1 Å². The Labute approximate surface area is 103 Å². The molecule has 0 aliphatic carbocycles. The molecule has 0 saturated carbocycles. The van der Waals surface area contributed by atoms with Crippen LogP contribution < -0.4 is 10.1 Å². The van der Waals surface area contributed by atoms with Crippen molar-refractivity contribution >= 4 is 5.69 Å². The maximum atomic E-state index is 13.5. The zero-order valence-corrected chi connectivity index (χ0v) is 10.8. The van der Waals surface area contributed by atoms with Crippen LogP contribution in [0.3, 0.4) is 0 Å². The van der Waals surface area contributed by atoms with Gasteiger partial charge in [-0.05, 0) is 25.2 Å². The molecule has 0 heterocycles. The van der Waals surface area contributed by atoms with E-state index in [2.05, 4.69) is 24.1 Å². The molecule has 0 unspecified atom stereocenters. The smallest absolute Gasteiger partial charge is 0.146 e. The number of halogens is 1. The maximum Gasteiger partial charge on any atom is 0.146 e. The summed E-state index contributed by atoms with van der Waals surface area (Å²) in [6.07, 6.45) is 0. The molecule has 1 rings (SSSR count). The van der Waals surface area contributed by atoms with Gasteiger partial charge in [0.05, 0.1) is 12.8 Å². The topological polar surface area (TPSA) is 24.5 Å². The van der Waals surface area contributed by atoms with E-state index in [0.717, 1.165) is 26.2 Å². The lowest BCUT2D eigenvalue weighted by molar-refractivity contribution is 0.316. The van der Waals surface area contributed by atoms with Crippen molar-refractivity contribution in [2.45, 2.75) is 13.8 Å². The first-order valence-electron chi connectivity index (χ1n) is 6.01. The molecular formula is C13H21FN2O. The van der Waals surface area contributed by atoms with E-state index in [-0.39, 0.29) is 5.82 Å². The number of nitrogens with zero attached hydrogens (tertiary/aromatic N) is 1. The van der Waals surface area contributed by atoms with Crippen molar-refractivity contribution in [3.8, 4) is 5.75 Å². The molecule has 0 bridgehead atoms. The molecule has 0 amide bonds. The van der Waals surface area contributed by atoms with E-state index in [1.165, 1.54) is 6.07 Å². The second kappa shape index (κ2) is 7.12. The lowest BCUT2D eigenvalue weighted by atomic mass is 10.3. The number of rotatable bonds is 7. The lowest BCUT2D eigenvalue weighted by Gasteiger charge is -2.18. The predicted molar refractivity (Wildman–Crippen MR) is 69.2 cm³/mol. The largest absolute Gasteiger partial charge is 0.497 e. The molecule has 0 spiro atoms. The van der Waals surface area contributed by atoms with E-state index in [4.69, 9.17) is 4.74 Å². The molecule has 0 atom stereocenters. The Kier molecular flexibility index (Phi) is 5.77. The van der Waals surface area contributed by atoms with E-state index in [1.807, 2.05) is 0 Å². The van der Waals surface area contributed by atoms with Crippen LogP contribution in [-0.2, 0) is 0 Å². The minimum absolute atomic E-state index is 0.245. The van der Waals surface area contributed by atoms with Gasteiger partial charge in [0.25, 0.3) is 0 Å². The van der Waals surface area contributed by atoms with Crippen molar-refractivity contribution in [3.05, 3.63) is 24.0 Å². The summed E-state index contributed by atoms with van der Waals surface area (Å²) in [5.74, 6) is 0.419. The summed E-state index contributed by atoms with van der Waals surface area (Å²) in [6, 6.07) is 4.71. The van der Waals surface area contributed by atoms with Crippen molar-refractivity contribution in [2.24, 2.45) is 0 Å². The first-order chi connectivity index (χ1) is 8.21. The van der Waals surface area contributed by atoms with Gasteiger partial charge in [0.15, 0.2) is 0 Å². The first kappa shape index (κ1) is 13.8. The summed E-state index contributed by atoms with van der Waals surface area (Å²) in [5.41, 5.74) is 0.497. The number of likely N-dealkylation sites (N-methyl/N-ethyl adjacent to an activating group) is 1. The lowest BCUT2D eigenvalue weighted by Crippen LogP contribution is -2.28. The molecular weight excluding hydrogens is 219 g/mol. The highest BCUT2D eigenvalue weighted by Gasteiger charge is 2.04. The molecule has 3 nitrogen and oxygen atoms in total. The zero-order chi connectivity index (χ0) is 12.7. The quantitative estimate of drug-likeness (QED) is 0.793. The second-order valence-electron chi connectivity index (χ2n) is 3.80. The van der Waals surface area contributed by atoms with Gasteiger partial charge in [-0.15, -0.1) is 0 Å². The number of methoxy groups -OCH3 is 1. The highest BCUT2D eigenvalue weighted by Crippen LogP contribution is 2.20. The Morgan fingerprint density at radius 2 is 2.00 bits per heavy atom. The Balaban J connectivity index is 2.50. The van der Waals surface area contributed by atoms with Gasteiger partial charge in [0.1, 0.15) is 11.6 Å². The van der Waals surface area contributed by atoms with Gasteiger partial charge in [-0.1, -0.05) is 13.8 Å². The number of benzene rings is 1. The van der Waals surface area contributed by atoms with Gasteiger partial charge < -0.3 is 15.0 Å². The third kappa shape index (κ3) is 4.23. The minimum Gasteiger partial charge on any atom is -0.497 e. The second-order valence-corrected chi connectivity index (χ2v) is 3.80. The minimum atomic E-state index is -0.245. The third-order valence-corrected chi connectivity index (χ3v) is 2.81. The molecule has 0 aliphatic rings. The van der Waals surface area contributed by atoms with Crippen LogP contribution >= 0.6 is 0 Å². The molecule has 0 fully saturated rings. The molecule has 0 saturated heterocycles. The third-order valence-electron chi connectivity index (χ3n) is 2.81. The number of anilines is 1. The highest BCUT2D eigenvalue weighted by molar-refractivity contribution is 5.49. The van der Waals surface area contributed by atoms with Crippen LogP contribution in [0.5, 0.6) is 5.75 Å². The fourth-order valence-corrected chi connectivity index (χ4v) is 1.66. The molecule has 4 heteroatoms. The average molecular weight is 240 g/mol. The van der Waals surface area contributed by atoms with Crippen molar-refractivity contribution in [3.63, 3.8) is 0 Å². The fourth-order valence-electron chi connectivity index (χ4n) is 1.66. The molecule has 1 aromatic rings. The van der Waals surface area contributed by atoms with Crippen LogP contribution in [0.1, 0.15) is 13.8 Å². The van der Waals surface area contributed by atoms with Crippen LogP contribution in [0, 0.1) is 5.82 Å². The molecule has 17 heavy (non-hydrogen) atoms. The van der Waals surface area contributed by atoms with Crippen LogP contribution in [0.15, 0.2) is 18.2 Å². The SMILES string of the molecule is CCN(CC)CCNc1cc(OC)ccc1F. The normalized spacial score (nSPS) is 10.6. The summed E-state index contributed by atoms with van der Waals surface area (Å²) >= 11 is 0. The Morgan fingerprint density at radius 3 is 2.59 bits per heavy atom. The maximum absolute atomic E-state index is 13.5. The van der Waals surface area contributed by atoms with Gasteiger partial charge >= 0.3 is 0 Å².